The normalized spacial score (nSPS) is 11.2. The van der Waals surface area contributed by atoms with Crippen molar-refractivity contribution in [2.45, 2.75) is 0 Å². The molecule has 0 atom stereocenters. The predicted molar refractivity (Wildman–Crippen MR) is 73.8 cm³/mol. The number of thiophene rings is 1. The van der Waals surface area contributed by atoms with E-state index in [0.29, 0.717) is 10.0 Å². The summed E-state index contributed by atoms with van der Waals surface area (Å²) in [5.74, 6) is 0.778. The van der Waals surface area contributed by atoms with E-state index in [1.54, 1.807) is 12.1 Å². The summed E-state index contributed by atoms with van der Waals surface area (Å²) < 4.78 is 0. The number of nitrogens with two attached hydrogens (primary N) is 1. The van der Waals surface area contributed by atoms with E-state index in [1.165, 1.54) is 11.3 Å². The van der Waals surface area contributed by atoms with Crippen LogP contribution in [-0.4, -0.2) is 9.97 Å². The molecule has 0 aliphatic rings. The Hall–Kier alpha value is -1.23. The molecule has 0 radical (unpaired) electrons. The van der Waals surface area contributed by atoms with E-state index in [9.17, 15) is 0 Å². The van der Waals surface area contributed by atoms with Gasteiger partial charge in [-0.1, -0.05) is 23.2 Å². The lowest BCUT2D eigenvalue weighted by molar-refractivity contribution is 1.36. The first kappa shape index (κ1) is 10.9. The number of H-pyrrole nitrogens is 1. The molecule has 3 aromatic rings. The fourth-order valence-corrected chi connectivity index (χ4v) is 2.64. The molecule has 0 fully saturated rings. The van der Waals surface area contributed by atoms with E-state index in [0.717, 1.165) is 26.7 Å². The zero-order valence-electron chi connectivity index (χ0n) is 8.50. The number of halogens is 2. The molecule has 0 saturated heterocycles. The molecule has 1 aromatic carbocycles. The van der Waals surface area contributed by atoms with Crippen LogP contribution in [-0.2, 0) is 0 Å². The lowest BCUT2D eigenvalue weighted by atomic mass is 10.3. The van der Waals surface area contributed by atoms with Gasteiger partial charge in [0.2, 0.25) is 0 Å². The standard InChI is InChI=1S/C11H7Cl2N3S/c12-5-3-7-8(4-6(5)13)16-11(15-7)9-1-2-10(14)17-9/h1-4H,14H2,(H,15,16). The highest BCUT2D eigenvalue weighted by Crippen LogP contribution is 2.31. The molecule has 0 amide bonds. The number of hydrogen-bond acceptors (Lipinski definition) is 3. The number of hydrogen-bond donors (Lipinski definition) is 2. The third kappa shape index (κ3) is 1.88. The van der Waals surface area contributed by atoms with Crippen molar-refractivity contribution in [3.63, 3.8) is 0 Å². The van der Waals surface area contributed by atoms with Crippen molar-refractivity contribution >= 4 is 50.6 Å². The molecule has 0 saturated carbocycles. The number of rotatable bonds is 1. The second-order valence-corrected chi connectivity index (χ2v) is 5.50. The van der Waals surface area contributed by atoms with E-state index in [1.807, 2.05) is 12.1 Å². The molecule has 0 aliphatic carbocycles. The Balaban J connectivity index is 2.19. The van der Waals surface area contributed by atoms with Gasteiger partial charge in [-0.15, -0.1) is 11.3 Å². The van der Waals surface area contributed by atoms with Crippen molar-refractivity contribution in [3.8, 4) is 10.7 Å². The number of nitrogens with one attached hydrogen (secondary N) is 1. The summed E-state index contributed by atoms with van der Waals surface area (Å²) in [6, 6.07) is 7.30. The molecular formula is C11H7Cl2N3S. The Morgan fingerprint density at radius 3 is 2.65 bits per heavy atom. The maximum atomic E-state index is 5.95. The highest BCUT2D eigenvalue weighted by Gasteiger charge is 2.09. The summed E-state index contributed by atoms with van der Waals surface area (Å²) >= 11 is 13.4. The lowest BCUT2D eigenvalue weighted by Gasteiger charge is -1.93. The van der Waals surface area contributed by atoms with Crippen LogP contribution in [0.1, 0.15) is 0 Å². The van der Waals surface area contributed by atoms with Gasteiger partial charge in [-0.05, 0) is 24.3 Å². The molecule has 0 bridgehead atoms. The highest BCUT2D eigenvalue weighted by molar-refractivity contribution is 7.19. The number of imidazole rings is 1. The van der Waals surface area contributed by atoms with Crippen molar-refractivity contribution in [3.05, 3.63) is 34.3 Å². The fraction of sp³-hybridized carbons (Fsp3) is 0. The summed E-state index contributed by atoms with van der Waals surface area (Å²) in [5.41, 5.74) is 7.35. The monoisotopic (exact) mass is 283 g/mol. The third-order valence-electron chi connectivity index (χ3n) is 2.38. The summed E-state index contributed by atoms with van der Waals surface area (Å²) in [7, 11) is 0. The van der Waals surface area contributed by atoms with Crippen molar-refractivity contribution in [2.75, 3.05) is 5.73 Å². The maximum Gasteiger partial charge on any atom is 0.148 e. The summed E-state index contributed by atoms with van der Waals surface area (Å²) in [6.45, 7) is 0. The molecule has 3 rings (SSSR count). The van der Waals surface area contributed by atoms with Crippen molar-refractivity contribution in [2.24, 2.45) is 0 Å². The van der Waals surface area contributed by atoms with Gasteiger partial charge >= 0.3 is 0 Å². The molecule has 3 N–H and O–H groups in total. The van der Waals surface area contributed by atoms with Gasteiger partial charge in [0.1, 0.15) is 5.82 Å². The van der Waals surface area contributed by atoms with Crippen LogP contribution in [0.4, 0.5) is 5.00 Å². The first-order valence-electron chi connectivity index (χ1n) is 4.84. The fourth-order valence-electron chi connectivity index (χ4n) is 1.60. The number of fused-ring (bicyclic) bond motifs is 1. The van der Waals surface area contributed by atoms with E-state index >= 15 is 0 Å². The van der Waals surface area contributed by atoms with Crippen molar-refractivity contribution < 1.29 is 0 Å². The molecule has 2 aromatic heterocycles. The van der Waals surface area contributed by atoms with Crippen LogP contribution in [0.3, 0.4) is 0 Å². The Bertz CT molecular complexity index is 663. The number of aromatic amines is 1. The van der Waals surface area contributed by atoms with Crippen molar-refractivity contribution in [1.29, 1.82) is 0 Å². The second-order valence-electron chi connectivity index (χ2n) is 3.57. The first-order valence-corrected chi connectivity index (χ1v) is 6.41. The number of benzene rings is 1. The number of nitrogen functional groups attached to an aromatic ring is 1. The van der Waals surface area contributed by atoms with Crippen LogP contribution in [0.15, 0.2) is 24.3 Å². The summed E-state index contributed by atoms with van der Waals surface area (Å²) in [6.07, 6.45) is 0. The number of aromatic nitrogens is 2. The van der Waals surface area contributed by atoms with Gasteiger partial charge in [-0.3, -0.25) is 0 Å². The Labute approximate surface area is 111 Å². The van der Waals surface area contributed by atoms with E-state index in [4.69, 9.17) is 28.9 Å². The molecule has 86 valence electrons. The van der Waals surface area contributed by atoms with Crippen LogP contribution in [0.25, 0.3) is 21.7 Å². The topological polar surface area (TPSA) is 54.7 Å². The molecule has 6 heteroatoms. The third-order valence-corrected chi connectivity index (χ3v) is 4.03. The second kappa shape index (κ2) is 3.91. The van der Waals surface area contributed by atoms with Gasteiger partial charge < -0.3 is 10.7 Å². The van der Waals surface area contributed by atoms with Crippen LogP contribution in [0.2, 0.25) is 10.0 Å². The van der Waals surface area contributed by atoms with Gasteiger partial charge in [-0.25, -0.2) is 4.98 Å². The zero-order chi connectivity index (χ0) is 12.0. The number of nitrogens with zero attached hydrogens (tertiary/aromatic N) is 1. The van der Waals surface area contributed by atoms with Gasteiger partial charge in [0.15, 0.2) is 0 Å². The van der Waals surface area contributed by atoms with Crippen LogP contribution in [0, 0.1) is 0 Å². The number of anilines is 1. The van der Waals surface area contributed by atoms with Crippen molar-refractivity contribution in [1.82, 2.24) is 9.97 Å². The first-order chi connectivity index (χ1) is 8.13. The largest absolute Gasteiger partial charge is 0.391 e. The van der Waals surface area contributed by atoms with E-state index < -0.39 is 0 Å². The quantitative estimate of drug-likeness (QED) is 0.704. The Kier molecular flexibility index (Phi) is 2.50. The SMILES string of the molecule is Nc1ccc(-c2nc3cc(Cl)c(Cl)cc3[nH]2)s1. The van der Waals surface area contributed by atoms with E-state index in [-0.39, 0.29) is 0 Å². The van der Waals surface area contributed by atoms with Crippen LogP contribution in [0.5, 0.6) is 0 Å². The molecule has 2 heterocycles. The van der Waals surface area contributed by atoms with Gasteiger partial charge in [-0.2, -0.15) is 0 Å². The van der Waals surface area contributed by atoms with Gasteiger partial charge in [0.25, 0.3) is 0 Å². The molecule has 17 heavy (non-hydrogen) atoms. The molecule has 0 unspecified atom stereocenters. The zero-order valence-corrected chi connectivity index (χ0v) is 10.8. The molecule has 0 aliphatic heterocycles. The average Bonchev–Trinajstić information content (AvgIpc) is 2.85. The minimum Gasteiger partial charge on any atom is -0.391 e. The van der Waals surface area contributed by atoms with Crippen LogP contribution >= 0.6 is 34.5 Å². The predicted octanol–water partition coefficient (Wildman–Crippen LogP) is 4.18. The highest BCUT2D eigenvalue weighted by atomic mass is 35.5. The Morgan fingerprint density at radius 1 is 1.18 bits per heavy atom. The van der Waals surface area contributed by atoms with Crippen LogP contribution < -0.4 is 5.73 Å². The maximum absolute atomic E-state index is 5.95. The average molecular weight is 284 g/mol. The summed E-state index contributed by atoms with van der Waals surface area (Å²) in [5, 5.41) is 1.78. The van der Waals surface area contributed by atoms with E-state index in [2.05, 4.69) is 9.97 Å². The molecular weight excluding hydrogens is 277 g/mol. The smallest absolute Gasteiger partial charge is 0.148 e. The minimum absolute atomic E-state index is 0.503. The van der Waals surface area contributed by atoms with Gasteiger partial charge in [0.05, 0.1) is 31.0 Å². The minimum atomic E-state index is 0.503. The lowest BCUT2D eigenvalue weighted by Crippen LogP contribution is -1.74. The molecule has 3 nitrogen and oxygen atoms in total. The Morgan fingerprint density at radius 2 is 1.94 bits per heavy atom. The van der Waals surface area contributed by atoms with Gasteiger partial charge in [0, 0.05) is 0 Å². The summed E-state index contributed by atoms with van der Waals surface area (Å²) in [4.78, 5) is 8.64. The molecule has 0 spiro atoms.